The number of ether oxygens (including phenoxy) is 2. The van der Waals surface area contributed by atoms with Gasteiger partial charge in [0, 0.05) is 4.47 Å². The Morgan fingerprint density at radius 3 is 2.53 bits per heavy atom. The monoisotopic (exact) mass is 651 g/mol. The van der Waals surface area contributed by atoms with E-state index in [0.29, 0.717) is 34.1 Å². The SMILES string of the molecule is CCOc1cc(/C=C2/SC(=O)N(Cc3cccc(Br)c3)C2=O)cc(Br)c1OCc1cccc2ccccc12. The minimum absolute atomic E-state index is 0.219. The first-order valence-electron chi connectivity index (χ1n) is 12.0. The van der Waals surface area contributed by atoms with Crippen molar-refractivity contribution in [2.45, 2.75) is 20.1 Å². The normalized spacial score (nSPS) is 14.5. The zero-order valence-electron chi connectivity index (χ0n) is 20.4. The van der Waals surface area contributed by atoms with E-state index in [2.05, 4.69) is 56.1 Å². The summed E-state index contributed by atoms with van der Waals surface area (Å²) in [6, 6.07) is 25.6. The van der Waals surface area contributed by atoms with Gasteiger partial charge in [0.15, 0.2) is 11.5 Å². The number of fused-ring (bicyclic) bond motifs is 1. The second-order valence-corrected chi connectivity index (χ2v) is 11.4. The summed E-state index contributed by atoms with van der Waals surface area (Å²) in [7, 11) is 0. The summed E-state index contributed by atoms with van der Waals surface area (Å²) in [4.78, 5) is 27.3. The van der Waals surface area contributed by atoms with E-state index < -0.39 is 0 Å². The van der Waals surface area contributed by atoms with Gasteiger partial charge in [0.25, 0.3) is 11.1 Å². The van der Waals surface area contributed by atoms with Crippen LogP contribution >= 0.6 is 43.6 Å². The molecule has 1 saturated heterocycles. The van der Waals surface area contributed by atoms with E-state index in [0.717, 1.165) is 43.7 Å². The van der Waals surface area contributed by atoms with E-state index in [1.807, 2.05) is 61.5 Å². The summed E-state index contributed by atoms with van der Waals surface area (Å²) in [5, 5.41) is 2.00. The molecule has 192 valence electrons. The zero-order valence-corrected chi connectivity index (χ0v) is 24.4. The van der Waals surface area contributed by atoms with Crippen LogP contribution in [-0.2, 0) is 17.9 Å². The van der Waals surface area contributed by atoms with Crippen molar-refractivity contribution in [3.05, 3.63) is 109 Å². The first-order chi connectivity index (χ1) is 18.4. The van der Waals surface area contributed by atoms with Crippen LogP contribution in [0.2, 0.25) is 0 Å². The number of rotatable bonds is 8. The Kier molecular flexibility index (Phi) is 8.21. The third kappa shape index (κ3) is 5.82. The van der Waals surface area contributed by atoms with E-state index in [1.54, 1.807) is 6.08 Å². The molecule has 0 bridgehead atoms. The van der Waals surface area contributed by atoms with Crippen LogP contribution in [0, 0.1) is 0 Å². The Hall–Kier alpha value is -3.07. The van der Waals surface area contributed by atoms with Gasteiger partial charge in [-0.15, -0.1) is 0 Å². The Bertz CT molecular complexity index is 1560. The van der Waals surface area contributed by atoms with Crippen LogP contribution in [0.4, 0.5) is 4.79 Å². The van der Waals surface area contributed by atoms with E-state index in [4.69, 9.17) is 9.47 Å². The molecule has 0 unspecified atom stereocenters. The van der Waals surface area contributed by atoms with Crippen molar-refractivity contribution >= 4 is 71.6 Å². The van der Waals surface area contributed by atoms with Crippen LogP contribution in [0.15, 0.2) is 92.7 Å². The third-order valence-corrected chi connectivity index (χ3v) is 7.97. The van der Waals surface area contributed by atoms with Crippen molar-refractivity contribution in [1.82, 2.24) is 4.90 Å². The Labute approximate surface area is 242 Å². The van der Waals surface area contributed by atoms with Gasteiger partial charge in [-0.25, -0.2) is 0 Å². The number of halogens is 2. The predicted octanol–water partition coefficient (Wildman–Crippen LogP) is 8.58. The minimum Gasteiger partial charge on any atom is -0.490 e. The number of carbonyl (C=O) groups is 2. The molecular weight excluding hydrogens is 630 g/mol. The molecule has 0 radical (unpaired) electrons. The number of imide groups is 1. The molecule has 1 fully saturated rings. The van der Waals surface area contributed by atoms with Crippen molar-refractivity contribution in [1.29, 1.82) is 0 Å². The molecule has 0 N–H and O–H groups in total. The second kappa shape index (κ2) is 11.8. The number of thioether (sulfide) groups is 1. The van der Waals surface area contributed by atoms with Gasteiger partial charge in [-0.3, -0.25) is 14.5 Å². The van der Waals surface area contributed by atoms with Gasteiger partial charge in [0.2, 0.25) is 0 Å². The quantitative estimate of drug-likeness (QED) is 0.179. The lowest BCUT2D eigenvalue weighted by Crippen LogP contribution is -2.27. The maximum Gasteiger partial charge on any atom is 0.293 e. The molecule has 8 heteroatoms. The highest BCUT2D eigenvalue weighted by molar-refractivity contribution is 9.10. The Morgan fingerprint density at radius 2 is 1.71 bits per heavy atom. The van der Waals surface area contributed by atoms with Crippen molar-refractivity contribution in [2.75, 3.05) is 6.61 Å². The number of nitrogens with zero attached hydrogens (tertiary/aromatic N) is 1. The fourth-order valence-corrected chi connectivity index (χ4v) is 6.11. The lowest BCUT2D eigenvalue weighted by Gasteiger charge is -2.16. The highest BCUT2D eigenvalue weighted by Crippen LogP contribution is 2.40. The van der Waals surface area contributed by atoms with Crippen molar-refractivity contribution in [3.8, 4) is 11.5 Å². The van der Waals surface area contributed by atoms with E-state index in [-0.39, 0.29) is 17.7 Å². The topological polar surface area (TPSA) is 55.8 Å². The Balaban J connectivity index is 1.38. The molecule has 5 nitrogen and oxygen atoms in total. The average Bonchev–Trinajstić information content (AvgIpc) is 3.15. The standard InChI is InChI=1S/C30H23Br2NO4S/c1-2-36-26-15-20(16-27-29(34)33(30(35)38-27)17-19-7-5-11-23(31)13-19)14-25(32)28(26)37-18-22-10-6-9-21-8-3-4-12-24(21)22/h3-16H,2,17-18H2,1H3/b27-16+. The van der Waals surface area contributed by atoms with Gasteiger partial charge < -0.3 is 9.47 Å². The summed E-state index contributed by atoms with van der Waals surface area (Å²) in [6.45, 7) is 2.94. The minimum atomic E-state index is -0.314. The van der Waals surface area contributed by atoms with Gasteiger partial charge in [-0.05, 0) is 92.4 Å². The van der Waals surface area contributed by atoms with Gasteiger partial charge in [0.1, 0.15) is 6.61 Å². The summed E-state index contributed by atoms with van der Waals surface area (Å²) < 4.78 is 13.7. The predicted molar refractivity (Wildman–Crippen MR) is 159 cm³/mol. The molecule has 0 atom stereocenters. The molecule has 0 aromatic heterocycles. The smallest absolute Gasteiger partial charge is 0.293 e. The van der Waals surface area contributed by atoms with Crippen LogP contribution < -0.4 is 9.47 Å². The van der Waals surface area contributed by atoms with E-state index >= 15 is 0 Å². The fourth-order valence-electron chi connectivity index (χ4n) is 4.25. The van der Waals surface area contributed by atoms with Crippen molar-refractivity contribution in [2.24, 2.45) is 0 Å². The molecule has 5 rings (SSSR count). The maximum absolute atomic E-state index is 13.1. The van der Waals surface area contributed by atoms with E-state index in [1.165, 1.54) is 4.90 Å². The van der Waals surface area contributed by atoms with Crippen LogP contribution in [0.25, 0.3) is 16.8 Å². The van der Waals surface area contributed by atoms with Gasteiger partial charge in [-0.2, -0.15) is 0 Å². The summed E-state index contributed by atoms with van der Waals surface area (Å²) in [5.74, 6) is 0.826. The number of amides is 2. The second-order valence-electron chi connectivity index (χ2n) is 8.59. The van der Waals surface area contributed by atoms with Crippen molar-refractivity contribution < 1.29 is 19.1 Å². The first kappa shape index (κ1) is 26.5. The molecule has 1 aliphatic rings. The summed E-state index contributed by atoms with van der Waals surface area (Å²) in [6.07, 6.45) is 1.72. The van der Waals surface area contributed by atoms with E-state index in [9.17, 15) is 9.59 Å². The van der Waals surface area contributed by atoms with Gasteiger partial charge in [0.05, 0.1) is 22.5 Å². The number of carbonyl (C=O) groups excluding carboxylic acids is 2. The molecule has 0 spiro atoms. The van der Waals surface area contributed by atoms with Gasteiger partial charge in [-0.1, -0.05) is 70.5 Å². The summed E-state index contributed by atoms with van der Waals surface area (Å²) in [5.41, 5.74) is 2.67. The maximum atomic E-state index is 13.1. The van der Waals surface area contributed by atoms with Crippen LogP contribution in [0.3, 0.4) is 0 Å². The highest BCUT2D eigenvalue weighted by Gasteiger charge is 2.35. The molecule has 0 aliphatic carbocycles. The molecule has 38 heavy (non-hydrogen) atoms. The molecule has 1 heterocycles. The summed E-state index contributed by atoms with van der Waals surface area (Å²) >= 11 is 7.99. The highest BCUT2D eigenvalue weighted by atomic mass is 79.9. The van der Waals surface area contributed by atoms with Crippen LogP contribution in [-0.4, -0.2) is 22.7 Å². The number of benzene rings is 4. The molecular formula is C30H23Br2NO4S. The lowest BCUT2D eigenvalue weighted by atomic mass is 10.1. The molecule has 2 amide bonds. The Morgan fingerprint density at radius 1 is 0.921 bits per heavy atom. The zero-order chi connectivity index (χ0) is 26.6. The largest absolute Gasteiger partial charge is 0.490 e. The lowest BCUT2D eigenvalue weighted by molar-refractivity contribution is -0.123. The van der Waals surface area contributed by atoms with Crippen molar-refractivity contribution in [3.63, 3.8) is 0 Å². The molecule has 1 aliphatic heterocycles. The molecule has 4 aromatic rings. The molecule has 4 aromatic carbocycles. The third-order valence-electron chi connectivity index (χ3n) is 5.98. The number of hydrogen-bond donors (Lipinski definition) is 0. The number of hydrogen-bond acceptors (Lipinski definition) is 5. The molecule has 0 saturated carbocycles. The van der Waals surface area contributed by atoms with Gasteiger partial charge >= 0.3 is 0 Å². The first-order valence-corrected chi connectivity index (χ1v) is 14.4. The van der Waals surface area contributed by atoms with Crippen LogP contribution in [0.1, 0.15) is 23.6 Å². The van der Waals surface area contributed by atoms with Crippen LogP contribution in [0.5, 0.6) is 11.5 Å². The average molecular weight is 653 g/mol. The fraction of sp³-hybridized carbons (Fsp3) is 0.133.